The Hall–Kier alpha value is -0.860. The molecule has 1 N–H and O–H groups in total. The quantitative estimate of drug-likeness (QED) is 0.623. The molecule has 0 aliphatic carbocycles. The van der Waals surface area contributed by atoms with Gasteiger partial charge < -0.3 is 4.74 Å². The van der Waals surface area contributed by atoms with Gasteiger partial charge in [0.05, 0.1) is 6.73 Å². The highest BCUT2D eigenvalue weighted by atomic mass is 16.5. The minimum Gasteiger partial charge on any atom is -0.370 e. The van der Waals surface area contributed by atoms with Crippen LogP contribution in [-0.4, -0.2) is 13.8 Å². The maximum absolute atomic E-state index is 4.99. The van der Waals surface area contributed by atoms with Crippen LogP contribution in [0.1, 0.15) is 37.5 Å². The van der Waals surface area contributed by atoms with Crippen molar-refractivity contribution in [3.63, 3.8) is 0 Å². The van der Waals surface area contributed by atoms with Crippen molar-refractivity contribution >= 4 is 0 Å². The topological polar surface area (TPSA) is 21.3 Å². The standard InChI is InChI=1S/C14H23NO/c1-11-6-7-13(14(2,3)4)8-12(11)9-15-10-16-5/h6-8,15H,9-10H2,1-5H3. The summed E-state index contributed by atoms with van der Waals surface area (Å²) in [7, 11) is 1.70. The van der Waals surface area contributed by atoms with Gasteiger partial charge in [-0.2, -0.15) is 0 Å². The van der Waals surface area contributed by atoms with E-state index in [2.05, 4.69) is 51.2 Å². The summed E-state index contributed by atoms with van der Waals surface area (Å²) < 4.78 is 4.99. The van der Waals surface area contributed by atoms with Crippen molar-refractivity contribution in [2.24, 2.45) is 0 Å². The average Bonchev–Trinajstić information content (AvgIpc) is 2.19. The fourth-order valence-corrected chi connectivity index (χ4v) is 1.62. The first kappa shape index (κ1) is 13.2. The second-order valence-corrected chi connectivity index (χ2v) is 5.25. The number of aryl methyl sites for hydroxylation is 1. The summed E-state index contributed by atoms with van der Waals surface area (Å²) in [6.07, 6.45) is 0. The highest BCUT2D eigenvalue weighted by Crippen LogP contribution is 2.24. The summed E-state index contributed by atoms with van der Waals surface area (Å²) in [5.41, 5.74) is 4.28. The van der Waals surface area contributed by atoms with Crippen molar-refractivity contribution in [2.45, 2.75) is 39.7 Å². The molecule has 0 saturated heterocycles. The zero-order valence-electron chi connectivity index (χ0n) is 11.1. The van der Waals surface area contributed by atoms with Crippen LogP contribution in [0.25, 0.3) is 0 Å². The Morgan fingerprint density at radius 1 is 1.25 bits per heavy atom. The molecule has 0 amide bonds. The van der Waals surface area contributed by atoms with E-state index in [1.807, 2.05) is 0 Å². The first-order chi connectivity index (χ1) is 7.45. The normalized spacial score (nSPS) is 11.8. The maximum atomic E-state index is 4.99. The fraction of sp³-hybridized carbons (Fsp3) is 0.571. The molecule has 0 radical (unpaired) electrons. The molecule has 0 aromatic heterocycles. The lowest BCUT2D eigenvalue weighted by atomic mass is 9.85. The van der Waals surface area contributed by atoms with Crippen LogP contribution in [-0.2, 0) is 16.7 Å². The van der Waals surface area contributed by atoms with E-state index in [0.717, 1.165) is 6.54 Å². The van der Waals surface area contributed by atoms with E-state index < -0.39 is 0 Å². The number of benzene rings is 1. The Bertz CT molecular complexity index is 339. The number of hydrogen-bond acceptors (Lipinski definition) is 2. The predicted molar refractivity (Wildman–Crippen MR) is 68.6 cm³/mol. The van der Waals surface area contributed by atoms with E-state index in [-0.39, 0.29) is 5.41 Å². The zero-order valence-corrected chi connectivity index (χ0v) is 11.1. The van der Waals surface area contributed by atoms with Gasteiger partial charge in [-0.25, -0.2) is 0 Å². The Morgan fingerprint density at radius 3 is 2.50 bits per heavy atom. The van der Waals surface area contributed by atoms with Crippen molar-refractivity contribution < 1.29 is 4.74 Å². The minimum absolute atomic E-state index is 0.212. The smallest absolute Gasteiger partial charge is 0.0964 e. The molecule has 0 heterocycles. The van der Waals surface area contributed by atoms with Crippen LogP contribution in [0.4, 0.5) is 0 Å². The van der Waals surface area contributed by atoms with Gasteiger partial charge in [0.2, 0.25) is 0 Å². The van der Waals surface area contributed by atoms with E-state index in [4.69, 9.17) is 4.74 Å². The molecule has 0 bridgehead atoms. The molecular weight excluding hydrogens is 198 g/mol. The van der Waals surface area contributed by atoms with E-state index in [1.165, 1.54) is 16.7 Å². The molecule has 1 aromatic carbocycles. The van der Waals surface area contributed by atoms with Crippen LogP contribution in [0.15, 0.2) is 18.2 Å². The van der Waals surface area contributed by atoms with Gasteiger partial charge in [-0.1, -0.05) is 39.0 Å². The fourth-order valence-electron chi connectivity index (χ4n) is 1.62. The lowest BCUT2D eigenvalue weighted by Crippen LogP contribution is -2.18. The summed E-state index contributed by atoms with van der Waals surface area (Å²) in [5, 5.41) is 3.25. The molecular formula is C14H23NO. The second-order valence-electron chi connectivity index (χ2n) is 5.25. The van der Waals surface area contributed by atoms with Crippen LogP contribution in [0.3, 0.4) is 0 Å². The molecule has 16 heavy (non-hydrogen) atoms. The molecule has 0 saturated carbocycles. The van der Waals surface area contributed by atoms with Gasteiger partial charge in [0.1, 0.15) is 0 Å². The largest absolute Gasteiger partial charge is 0.370 e. The van der Waals surface area contributed by atoms with Crippen LogP contribution in [0.5, 0.6) is 0 Å². The van der Waals surface area contributed by atoms with Gasteiger partial charge in [0.15, 0.2) is 0 Å². The summed E-state index contributed by atoms with van der Waals surface area (Å²) in [6.45, 7) is 10.3. The van der Waals surface area contributed by atoms with Gasteiger partial charge in [0.25, 0.3) is 0 Å². The van der Waals surface area contributed by atoms with Gasteiger partial charge in [0, 0.05) is 13.7 Å². The molecule has 2 nitrogen and oxygen atoms in total. The van der Waals surface area contributed by atoms with Crippen LogP contribution < -0.4 is 5.32 Å². The Morgan fingerprint density at radius 2 is 1.94 bits per heavy atom. The summed E-state index contributed by atoms with van der Waals surface area (Å²) in [5.74, 6) is 0. The number of rotatable bonds is 4. The predicted octanol–water partition coefficient (Wildman–Crippen LogP) is 2.99. The van der Waals surface area contributed by atoms with E-state index in [1.54, 1.807) is 7.11 Å². The third-order valence-corrected chi connectivity index (χ3v) is 2.78. The Balaban J connectivity index is 2.83. The van der Waals surface area contributed by atoms with Gasteiger partial charge in [-0.05, 0) is 29.0 Å². The third-order valence-electron chi connectivity index (χ3n) is 2.78. The Kier molecular flexibility index (Phi) is 4.51. The summed E-state index contributed by atoms with van der Waals surface area (Å²) in [4.78, 5) is 0. The van der Waals surface area contributed by atoms with Crippen LogP contribution >= 0.6 is 0 Å². The molecule has 0 atom stereocenters. The lowest BCUT2D eigenvalue weighted by molar-refractivity contribution is 0.174. The average molecular weight is 221 g/mol. The Labute approximate surface area is 99.0 Å². The number of hydrogen-bond donors (Lipinski definition) is 1. The maximum Gasteiger partial charge on any atom is 0.0964 e. The minimum atomic E-state index is 0.212. The van der Waals surface area contributed by atoms with Crippen LogP contribution in [0.2, 0.25) is 0 Å². The molecule has 0 unspecified atom stereocenters. The highest BCUT2D eigenvalue weighted by molar-refractivity contribution is 5.34. The first-order valence-corrected chi connectivity index (χ1v) is 5.75. The van der Waals surface area contributed by atoms with Crippen molar-refractivity contribution in [3.05, 3.63) is 34.9 Å². The molecule has 0 fully saturated rings. The van der Waals surface area contributed by atoms with Crippen molar-refractivity contribution in [2.75, 3.05) is 13.8 Å². The number of ether oxygens (including phenoxy) is 1. The SMILES string of the molecule is COCNCc1cc(C(C)(C)C)ccc1C. The first-order valence-electron chi connectivity index (χ1n) is 5.75. The second kappa shape index (κ2) is 5.46. The molecule has 0 aliphatic heterocycles. The number of nitrogens with one attached hydrogen (secondary N) is 1. The van der Waals surface area contributed by atoms with Crippen molar-refractivity contribution in [3.8, 4) is 0 Å². The monoisotopic (exact) mass is 221 g/mol. The highest BCUT2D eigenvalue weighted by Gasteiger charge is 2.14. The zero-order chi connectivity index (χ0) is 12.2. The summed E-state index contributed by atoms with van der Waals surface area (Å²) >= 11 is 0. The van der Waals surface area contributed by atoms with Gasteiger partial charge in [-0.3, -0.25) is 5.32 Å². The molecule has 0 aliphatic rings. The van der Waals surface area contributed by atoms with Gasteiger partial charge >= 0.3 is 0 Å². The molecule has 1 rings (SSSR count). The van der Waals surface area contributed by atoms with Crippen molar-refractivity contribution in [1.82, 2.24) is 5.32 Å². The van der Waals surface area contributed by atoms with Crippen LogP contribution in [0, 0.1) is 6.92 Å². The van der Waals surface area contributed by atoms with E-state index >= 15 is 0 Å². The summed E-state index contributed by atoms with van der Waals surface area (Å²) in [6, 6.07) is 6.71. The molecule has 2 heteroatoms. The van der Waals surface area contributed by atoms with E-state index in [9.17, 15) is 0 Å². The third kappa shape index (κ3) is 3.62. The van der Waals surface area contributed by atoms with Gasteiger partial charge in [-0.15, -0.1) is 0 Å². The molecule has 0 spiro atoms. The van der Waals surface area contributed by atoms with Crippen molar-refractivity contribution in [1.29, 1.82) is 0 Å². The molecule has 90 valence electrons. The van der Waals surface area contributed by atoms with E-state index in [0.29, 0.717) is 6.73 Å². The molecule has 1 aromatic rings. The number of methoxy groups -OCH3 is 1. The lowest BCUT2D eigenvalue weighted by Gasteiger charge is -2.21.